The molecule has 0 saturated carbocycles. The summed E-state index contributed by atoms with van der Waals surface area (Å²) >= 11 is 0. The molecule has 0 aromatic carbocycles. The van der Waals surface area contributed by atoms with E-state index in [1.165, 1.54) is 0 Å². The van der Waals surface area contributed by atoms with Gasteiger partial charge in [0.05, 0.1) is 0 Å². The van der Waals surface area contributed by atoms with Crippen LogP contribution in [-0.2, 0) is 4.79 Å². The molecular formula is C13H20N2O. The minimum absolute atomic E-state index is 0.373. The molecular weight excluding hydrogens is 200 g/mol. The van der Waals surface area contributed by atoms with Gasteiger partial charge < -0.3 is 10.6 Å². The van der Waals surface area contributed by atoms with E-state index in [-0.39, 0.29) is 5.91 Å². The Bertz CT molecular complexity index is 293. The van der Waals surface area contributed by atoms with Crippen molar-refractivity contribution in [2.24, 2.45) is 5.73 Å². The van der Waals surface area contributed by atoms with Crippen LogP contribution in [0.25, 0.3) is 0 Å². The zero-order valence-electron chi connectivity index (χ0n) is 9.86. The maximum absolute atomic E-state index is 10.7. The van der Waals surface area contributed by atoms with Crippen LogP contribution in [-0.4, -0.2) is 23.9 Å². The zero-order valence-corrected chi connectivity index (χ0v) is 9.86. The second kappa shape index (κ2) is 8.53. The summed E-state index contributed by atoms with van der Waals surface area (Å²) in [6.07, 6.45) is 10.1. The van der Waals surface area contributed by atoms with Crippen molar-refractivity contribution in [2.45, 2.75) is 13.3 Å². The molecule has 0 aromatic heterocycles. The fourth-order valence-electron chi connectivity index (χ4n) is 1.08. The number of primary amides is 1. The third-order valence-corrected chi connectivity index (χ3v) is 1.99. The Kier molecular flexibility index (Phi) is 7.59. The minimum atomic E-state index is -0.373. The second-order valence-electron chi connectivity index (χ2n) is 3.40. The number of rotatable bonds is 8. The molecule has 0 atom stereocenters. The summed E-state index contributed by atoms with van der Waals surface area (Å²) in [6, 6.07) is 0. The number of hydrogen-bond acceptors (Lipinski definition) is 2. The predicted molar refractivity (Wildman–Crippen MR) is 68.7 cm³/mol. The molecule has 0 rings (SSSR count). The van der Waals surface area contributed by atoms with Gasteiger partial charge in [-0.1, -0.05) is 24.3 Å². The average Bonchev–Trinajstić information content (AvgIpc) is 2.24. The molecule has 2 N–H and O–H groups in total. The zero-order chi connectivity index (χ0) is 12.4. The normalized spacial score (nSPS) is 11.4. The molecule has 0 radical (unpaired) electrons. The number of carbonyl (C=O) groups excluding carboxylic acids is 1. The van der Waals surface area contributed by atoms with Gasteiger partial charge in [-0.2, -0.15) is 0 Å². The van der Waals surface area contributed by atoms with Gasteiger partial charge >= 0.3 is 0 Å². The summed E-state index contributed by atoms with van der Waals surface area (Å²) in [5.74, 6) is -0.373. The van der Waals surface area contributed by atoms with Gasteiger partial charge in [0.15, 0.2) is 0 Å². The molecule has 3 nitrogen and oxygen atoms in total. The molecule has 0 bridgehead atoms. The van der Waals surface area contributed by atoms with E-state index >= 15 is 0 Å². The smallest absolute Gasteiger partial charge is 0.244 e. The van der Waals surface area contributed by atoms with E-state index in [4.69, 9.17) is 5.73 Å². The van der Waals surface area contributed by atoms with E-state index in [2.05, 4.69) is 18.1 Å². The van der Waals surface area contributed by atoms with Crippen molar-refractivity contribution in [1.82, 2.24) is 4.90 Å². The van der Waals surface area contributed by atoms with E-state index in [1.807, 2.05) is 24.4 Å². The fourth-order valence-corrected chi connectivity index (χ4v) is 1.08. The molecule has 3 heteroatoms. The SMILES string of the molecule is C=CCN(C=CCC=C(C)C(N)=O)CC=C. The van der Waals surface area contributed by atoms with Crippen LogP contribution in [0.1, 0.15) is 13.3 Å². The maximum Gasteiger partial charge on any atom is 0.244 e. The van der Waals surface area contributed by atoms with Gasteiger partial charge in [0.25, 0.3) is 0 Å². The van der Waals surface area contributed by atoms with Crippen LogP contribution in [0.3, 0.4) is 0 Å². The standard InChI is InChI=1S/C13H20N2O/c1-4-9-15(10-5-2)11-7-6-8-12(3)13(14)16/h4-5,7-8,11H,1-2,6,9-10H2,3H3,(H2,14,16). The number of carbonyl (C=O) groups is 1. The Morgan fingerprint density at radius 2 is 1.88 bits per heavy atom. The van der Waals surface area contributed by atoms with E-state index in [1.54, 1.807) is 13.0 Å². The average molecular weight is 220 g/mol. The predicted octanol–water partition coefficient (Wildman–Crippen LogP) is 2.00. The van der Waals surface area contributed by atoms with Crippen LogP contribution in [0.15, 0.2) is 49.2 Å². The van der Waals surface area contributed by atoms with Crippen molar-refractivity contribution in [3.8, 4) is 0 Å². The van der Waals surface area contributed by atoms with Crippen LogP contribution >= 0.6 is 0 Å². The van der Waals surface area contributed by atoms with Gasteiger partial charge in [-0.3, -0.25) is 4.79 Å². The largest absolute Gasteiger partial charge is 0.370 e. The van der Waals surface area contributed by atoms with Crippen molar-refractivity contribution in [3.63, 3.8) is 0 Å². The van der Waals surface area contributed by atoms with E-state index < -0.39 is 0 Å². The first-order valence-corrected chi connectivity index (χ1v) is 5.20. The minimum Gasteiger partial charge on any atom is -0.370 e. The summed E-state index contributed by atoms with van der Waals surface area (Å²) in [4.78, 5) is 12.8. The Hall–Kier alpha value is -1.77. The first-order valence-electron chi connectivity index (χ1n) is 5.20. The maximum atomic E-state index is 10.7. The van der Waals surface area contributed by atoms with E-state index in [0.717, 1.165) is 13.1 Å². The first-order chi connectivity index (χ1) is 7.61. The number of nitrogens with two attached hydrogens (primary N) is 1. The van der Waals surface area contributed by atoms with Crippen LogP contribution < -0.4 is 5.73 Å². The fraction of sp³-hybridized carbons (Fsp3) is 0.308. The molecule has 88 valence electrons. The third-order valence-electron chi connectivity index (χ3n) is 1.99. The number of allylic oxidation sites excluding steroid dienone is 2. The van der Waals surface area contributed by atoms with Gasteiger partial charge in [-0.15, -0.1) is 13.2 Å². The Morgan fingerprint density at radius 3 is 2.31 bits per heavy atom. The Labute approximate surface area is 97.6 Å². The summed E-state index contributed by atoms with van der Waals surface area (Å²) in [6.45, 7) is 10.6. The van der Waals surface area contributed by atoms with Crippen LogP contribution in [0, 0.1) is 0 Å². The molecule has 0 spiro atoms. The Balaban J connectivity index is 4.14. The number of amides is 1. The second-order valence-corrected chi connectivity index (χ2v) is 3.40. The lowest BCUT2D eigenvalue weighted by Gasteiger charge is -2.15. The summed E-state index contributed by atoms with van der Waals surface area (Å²) in [7, 11) is 0. The number of nitrogens with zero attached hydrogens (tertiary/aromatic N) is 1. The highest BCUT2D eigenvalue weighted by atomic mass is 16.1. The Morgan fingerprint density at radius 1 is 1.31 bits per heavy atom. The van der Waals surface area contributed by atoms with Crippen molar-refractivity contribution in [1.29, 1.82) is 0 Å². The van der Waals surface area contributed by atoms with E-state index in [9.17, 15) is 4.79 Å². The molecule has 0 heterocycles. The van der Waals surface area contributed by atoms with Crippen molar-refractivity contribution >= 4 is 5.91 Å². The molecule has 0 aliphatic carbocycles. The molecule has 0 aliphatic rings. The van der Waals surface area contributed by atoms with Crippen LogP contribution in [0.5, 0.6) is 0 Å². The van der Waals surface area contributed by atoms with E-state index in [0.29, 0.717) is 12.0 Å². The van der Waals surface area contributed by atoms with Crippen molar-refractivity contribution in [3.05, 3.63) is 49.2 Å². The molecule has 0 aliphatic heterocycles. The first kappa shape index (κ1) is 14.2. The molecule has 0 unspecified atom stereocenters. The van der Waals surface area contributed by atoms with Crippen molar-refractivity contribution < 1.29 is 4.79 Å². The highest BCUT2D eigenvalue weighted by molar-refractivity contribution is 5.91. The number of hydrogen-bond donors (Lipinski definition) is 1. The van der Waals surface area contributed by atoms with Crippen molar-refractivity contribution in [2.75, 3.05) is 13.1 Å². The van der Waals surface area contributed by atoms with Gasteiger partial charge in [-0.25, -0.2) is 0 Å². The molecule has 16 heavy (non-hydrogen) atoms. The van der Waals surface area contributed by atoms with Gasteiger partial charge in [0.1, 0.15) is 0 Å². The van der Waals surface area contributed by atoms with Gasteiger partial charge in [-0.05, 0) is 19.5 Å². The van der Waals surface area contributed by atoms with Crippen LogP contribution in [0.4, 0.5) is 0 Å². The highest BCUT2D eigenvalue weighted by Gasteiger charge is 1.94. The highest BCUT2D eigenvalue weighted by Crippen LogP contribution is 1.97. The summed E-state index contributed by atoms with van der Waals surface area (Å²) < 4.78 is 0. The summed E-state index contributed by atoms with van der Waals surface area (Å²) in [5.41, 5.74) is 5.69. The van der Waals surface area contributed by atoms with Gasteiger partial charge in [0, 0.05) is 18.7 Å². The van der Waals surface area contributed by atoms with Crippen LogP contribution in [0.2, 0.25) is 0 Å². The quantitative estimate of drug-likeness (QED) is 0.502. The molecule has 0 fully saturated rings. The lowest BCUT2D eigenvalue weighted by Crippen LogP contribution is -2.16. The monoisotopic (exact) mass is 220 g/mol. The molecule has 0 aromatic rings. The third kappa shape index (κ3) is 6.65. The molecule has 1 amide bonds. The topological polar surface area (TPSA) is 46.3 Å². The lowest BCUT2D eigenvalue weighted by atomic mass is 10.2. The van der Waals surface area contributed by atoms with Gasteiger partial charge in [0.2, 0.25) is 5.91 Å². The molecule has 0 saturated heterocycles. The lowest BCUT2D eigenvalue weighted by molar-refractivity contribution is -0.114. The summed E-state index contributed by atoms with van der Waals surface area (Å²) in [5, 5.41) is 0.